The van der Waals surface area contributed by atoms with Gasteiger partial charge < -0.3 is 5.32 Å². The summed E-state index contributed by atoms with van der Waals surface area (Å²) in [5.74, 6) is 0. The molecule has 0 bridgehead atoms. The van der Waals surface area contributed by atoms with Crippen molar-refractivity contribution >= 4 is 12.2 Å². The predicted octanol–water partition coefficient (Wildman–Crippen LogP) is 2.05. The topological polar surface area (TPSA) is 66.4 Å². The molecule has 0 spiro atoms. The number of hydrogen-bond donors (Lipinski definition) is 2. The minimum atomic E-state index is -0.229. The zero-order chi connectivity index (χ0) is 12.6. The molecule has 96 valence electrons. The molecule has 0 saturated heterocycles. The maximum Gasteiger partial charge on any atom is 0.335 e. The van der Waals surface area contributed by atoms with Gasteiger partial charge in [0.15, 0.2) is 0 Å². The van der Waals surface area contributed by atoms with Crippen molar-refractivity contribution in [2.75, 3.05) is 0 Å². The van der Waals surface area contributed by atoms with Gasteiger partial charge in [-0.25, -0.2) is 10.2 Å². The van der Waals surface area contributed by atoms with Gasteiger partial charge in [-0.1, -0.05) is 19.3 Å². The van der Waals surface area contributed by atoms with Crippen LogP contribution in [0.5, 0.6) is 0 Å². The standard InChI is InChI=1S/C13H18N4O/c18-13(16-12-4-2-1-3-5-12)17-15-10-11-6-8-14-9-7-11/h6-10,12H,1-5H2,(H2,16,17,18)/b15-10-. The molecular weight excluding hydrogens is 228 g/mol. The van der Waals surface area contributed by atoms with Gasteiger partial charge in [-0.2, -0.15) is 5.10 Å². The first kappa shape index (κ1) is 12.5. The number of pyridine rings is 1. The molecule has 5 heteroatoms. The van der Waals surface area contributed by atoms with Crippen molar-refractivity contribution in [2.24, 2.45) is 5.10 Å². The highest BCUT2D eigenvalue weighted by molar-refractivity contribution is 5.81. The fraction of sp³-hybridized carbons (Fsp3) is 0.462. The molecule has 0 aromatic carbocycles. The number of aromatic nitrogens is 1. The van der Waals surface area contributed by atoms with Gasteiger partial charge in [0.05, 0.1) is 6.21 Å². The summed E-state index contributed by atoms with van der Waals surface area (Å²) in [4.78, 5) is 15.5. The van der Waals surface area contributed by atoms with E-state index in [9.17, 15) is 4.79 Å². The highest BCUT2D eigenvalue weighted by atomic mass is 16.2. The molecule has 1 aromatic rings. The SMILES string of the molecule is O=C(N/N=C\c1ccncc1)NC1CCCCC1. The smallest absolute Gasteiger partial charge is 0.334 e. The highest BCUT2D eigenvalue weighted by Gasteiger charge is 2.14. The zero-order valence-electron chi connectivity index (χ0n) is 10.3. The van der Waals surface area contributed by atoms with Crippen LogP contribution in [0.15, 0.2) is 29.6 Å². The maximum absolute atomic E-state index is 11.6. The Balaban J connectivity index is 1.72. The van der Waals surface area contributed by atoms with Crippen LogP contribution in [0.2, 0.25) is 0 Å². The van der Waals surface area contributed by atoms with Gasteiger partial charge in [0.2, 0.25) is 0 Å². The van der Waals surface area contributed by atoms with E-state index in [1.807, 2.05) is 12.1 Å². The number of amides is 2. The van der Waals surface area contributed by atoms with Crippen LogP contribution in [0.1, 0.15) is 37.7 Å². The van der Waals surface area contributed by atoms with Crippen molar-refractivity contribution in [1.29, 1.82) is 0 Å². The van der Waals surface area contributed by atoms with Crippen molar-refractivity contribution < 1.29 is 4.79 Å². The van der Waals surface area contributed by atoms with Crippen molar-refractivity contribution in [3.8, 4) is 0 Å². The van der Waals surface area contributed by atoms with Gasteiger partial charge >= 0.3 is 6.03 Å². The Hall–Kier alpha value is -1.91. The van der Waals surface area contributed by atoms with Gasteiger partial charge in [0.25, 0.3) is 0 Å². The van der Waals surface area contributed by atoms with Gasteiger partial charge in [-0.05, 0) is 30.5 Å². The Kier molecular flexibility index (Phi) is 4.69. The lowest BCUT2D eigenvalue weighted by atomic mass is 9.96. The fourth-order valence-corrected chi connectivity index (χ4v) is 2.08. The molecule has 2 amide bonds. The molecule has 1 saturated carbocycles. The van der Waals surface area contributed by atoms with E-state index in [1.165, 1.54) is 19.3 Å². The second-order valence-electron chi connectivity index (χ2n) is 4.46. The first-order valence-corrected chi connectivity index (χ1v) is 6.34. The van der Waals surface area contributed by atoms with Crippen molar-refractivity contribution in [2.45, 2.75) is 38.1 Å². The highest BCUT2D eigenvalue weighted by Crippen LogP contribution is 2.16. The summed E-state index contributed by atoms with van der Waals surface area (Å²) in [7, 11) is 0. The molecule has 1 aliphatic carbocycles. The monoisotopic (exact) mass is 246 g/mol. The Morgan fingerprint density at radius 3 is 2.72 bits per heavy atom. The van der Waals surface area contributed by atoms with Crippen LogP contribution in [0.4, 0.5) is 4.79 Å². The van der Waals surface area contributed by atoms with Crippen LogP contribution in [-0.4, -0.2) is 23.3 Å². The van der Waals surface area contributed by atoms with E-state index in [-0.39, 0.29) is 6.03 Å². The van der Waals surface area contributed by atoms with Crippen molar-refractivity contribution in [3.63, 3.8) is 0 Å². The average Bonchev–Trinajstić information content (AvgIpc) is 2.41. The summed E-state index contributed by atoms with van der Waals surface area (Å²) in [6, 6.07) is 3.72. The summed E-state index contributed by atoms with van der Waals surface area (Å²) >= 11 is 0. The largest absolute Gasteiger partial charge is 0.335 e. The van der Waals surface area contributed by atoms with Crippen LogP contribution in [0.25, 0.3) is 0 Å². The lowest BCUT2D eigenvalue weighted by Crippen LogP contribution is -2.41. The van der Waals surface area contributed by atoms with E-state index >= 15 is 0 Å². The molecule has 1 heterocycles. The summed E-state index contributed by atoms with van der Waals surface area (Å²) < 4.78 is 0. The third-order valence-electron chi connectivity index (χ3n) is 3.03. The molecule has 1 aromatic heterocycles. The van der Waals surface area contributed by atoms with E-state index in [0.717, 1.165) is 18.4 Å². The summed E-state index contributed by atoms with van der Waals surface area (Å²) in [6.45, 7) is 0. The number of urea groups is 1. The molecule has 1 aliphatic rings. The first-order chi connectivity index (χ1) is 8.84. The molecule has 1 fully saturated rings. The lowest BCUT2D eigenvalue weighted by Gasteiger charge is -2.22. The molecule has 0 aliphatic heterocycles. The Bertz CT molecular complexity index is 399. The number of carbonyl (C=O) groups is 1. The molecule has 0 radical (unpaired) electrons. The quantitative estimate of drug-likeness (QED) is 0.633. The Labute approximate surface area is 107 Å². The van der Waals surface area contributed by atoms with Crippen LogP contribution in [-0.2, 0) is 0 Å². The number of carbonyl (C=O) groups excluding carboxylic acids is 1. The van der Waals surface area contributed by atoms with Crippen LogP contribution < -0.4 is 10.7 Å². The van der Waals surface area contributed by atoms with Crippen LogP contribution in [0, 0.1) is 0 Å². The fourth-order valence-electron chi connectivity index (χ4n) is 2.08. The minimum Gasteiger partial charge on any atom is -0.334 e. The molecule has 5 nitrogen and oxygen atoms in total. The normalized spacial score (nSPS) is 16.7. The number of hydrazone groups is 1. The molecule has 0 atom stereocenters. The molecular formula is C13H18N4O. The summed E-state index contributed by atoms with van der Waals surface area (Å²) in [5.41, 5.74) is 3.38. The maximum atomic E-state index is 11.6. The van der Waals surface area contributed by atoms with E-state index in [1.54, 1.807) is 18.6 Å². The van der Waals surface area contributed by atoms with E-state index < -0.39 is 0 Å². The van der Waals surface area contributed by atoms with Gasteiger partial charge in [-0.15, -0.1) is 0 Å². The summed E-state index contributed by atoms with van der Waals surface area (Å²) in [5, 5.41) is 6.82. The zero-order valence-corrected chi connectivity index (χ0v) is 10.3. The van der Waals surface area contributed by atoms with Gasteiger partial charge in [0.1, 0.15) is 0 Å². The van der Waals surface area contributed by atoms with E-state index in [0.29, 0.717) is 6.04 Å². The number of nitrogens with zero attached hydrogens (tertiary/aromatic N) is 2. The molecule has 2 rings (SSSR count). The van der Waals surface area contributed by atoms with E-state index in [2.05, 4.69) is 20.8 Å². The Morgan fingerprint density at radius 1 is 1.28 bits per heavy atom. The minimum absolute atomic E-state index is 0.229. The predicted molar refractivity (Wildman–Crippen MR) is 70.4 cm³/mol. The third-order valence-corrected chi connectivity index (χ3v) is 3.03. The number of rotatable bonds is 3. The summed E-state index contributed by atoms with van der Waals surface area (Å²) in [6.07, 6.45) is 10.8. The average molecular weight is 246 g/mol. The van der Waals surface area contributed by atoms with Crippen molar-refractivity contribution in [3.05, 3.63) is 30.1 Å². The van der Waals surface area contributed by atoms with Gasteiger partial charge in [0, 0.05) is 18.4 Å². The van der Waals surface area contributed by atoms with Crippen LogP contribution in [0.3, 0.4) is 0 Å². The third kappa shape index (κ3) is 4.16. The van der Waals surface area contributed by atoms with Crippen LogP contribution >= 0.6 is 0 Å². The van der Waals surface area contributed by atoms with Gasteiger partial charge in [-0.3, -0.25) is 4.98 Å². The number of nitrogens with one attached hydrogen (secondary N) is 2. The second-order valence-corrected chi connectivity index (χ2v) is 4.46. The van der Waals surface area contributed by atoms with E-state index in [4.69, 9.17) is 0 Å². The molecule has 0 unspecified atom stereocenters. The molecule has 18 heavy (non-hydrogen) atoms. The number of hydrogen-bond acceptors (Lipinski definition) is 3. The lowest BCUT2D eigenvalue weighted by molar-refractivity contribution is 0.233. The Morgan fingerprint density at radius 2 is 2.00 bits per heavy atom. The second kappa shape index (κ2) is 6.74. The van der Waals surface area contributed by atoms with Crippen molar-refractivity contribution in [1.82, 2.24) is 15.7 Å². The molecule has 2 N–H and O–H groups in total. The first-order valence-electron chi connectivity index (χ1n) is 6.34.